The number of nitrogens with zero attached hydrogens (tertiary/aromatic N) is 2. The number of methoxy groups -OCH3 is 2. The van der Waals surface area contributed by atoms with Crippen molar-refractivity contribution in [2.75, 3.05) is 27.4 Å². The summed E-state index contributed by atoms with van der Waals surface area (Å²) < 4.78 is 16.5. The lowest BCUT2D eigenvalue weighted by Gasteiger charge is -2.12. The molecule has 0 radical (unpaired) electrons. The molecule has 2 aromatic rings. The molecule has 1 fully saturated rings. The summed E-state index contributed by atoms with van der Waals surface area (Å²) in [6, 6.07) is 10.4. The average Bonchev–Trinajstić information content (AvgIpc) is 3.08. The molecule has 2 aromatic carbocycles. The van der Waals surface area contributed by atoms with E-state index in [1.165, 1.54) is 11.8 Å². The van der Waals surface area contributed by atoms with E-state index in [9.17, 15) is 9.59 Å². The van der Waals surface area contributed by atoms with E-state index in [0.29, 0.717) is 46.0 Å². The fraction of sp³-hybridized carbons (Fsp3) is 0.261. The maximum atomic E-state index is 13.0. The standard InChI is InChI=1S/C23H23BrN2O5S/c1-5-26-21(27)20(12-15-11-18(29-3)19(30-4)13-17(15)24)32-23(26)25-16-9-7-8-14(10-16)22(28)31-6-2/h7-13H,5-6H2,1-4H3. The number of hydrogen-bond acceptors (Lipinski definition) is 7. The van der Waals surface area contributed by atoms with Crippen LogP contribution in [0.15, 0.2) is 50.8 Å². The Kier molecular flexibility index (Phi) is 7.98. The van der Waals surface area contributed by atoms with Gasteiger partial charge in [0.05, 0.1) is 37.0 Å². The molecule has 0 atom stereocenters. The fourth-order valence-corrected chi connectivity index (χ4v) is 4.51. The van der Waals surface area contributed by atoms with Crippen LogP contribution in [-0.4, -0.2) is 49.3 Å². The third-order valence-electron chi connectivity index (χ3n) is 4.58. The normalized spacial score (nSPS) is 16.0. The van der Waals surface area contributed by atoms with Gasteiger partial charge in [0.1, 0.15) is 0 Å². The topological polar surface area (TPSA) is 77.4 Å². The van der Waals surface area contributed by atoms with Crippen LogP contribution in [0.3, 0.4) is 0 Å². The quantitative estimate of drug-likeness (QED) is 0.367. The van der Waals surface area contributed by atoms with E-state index in [-0.39, 0.29) is 5.91 Å². The molecule has 1 aliphatic rings. The lowest BCUT2D eigenvalue weighted by atomic mass is 10.2. The maximum Gasteiger partial charge on any atom is 0.338 e. The number of amides is 1. The van der Waals surface area contributed by atoms with Gasteiger partial charge in [-0.3, -0.25) is 9.69 Å². The van der Waals surface area contributed by atoms with Crippen molar-refractivity contribution in [2.45, 2.75) is 13.8 Å². The molecule has 0 unspecified atom stereocenters. The Morgan fingerprint density at radius 2 is 1.88 bits per heavy atom. The first-order valence-corrected chi connectivity index (χ1v) is 11.5. The van der Waals surface area contributed by atoms with E-state index >= 15 is 0 Å². The van der Waals surface area contributed by atoms with Gasteiger partial charge in [-0.1, -0.05) is 22.0 Å². The van der Waals surface area contributed by atoms with Gasteiger partial charge in [0, 0.05) is 11.0 Å². The molecule has 0 N–H and O–H groups in total. The highest BCUT2D eigenvalue weighted by atomic mass is 79.9. The van der Waals surface area contributed by atoms with E-state index in [1.54, 1.807) is 68.5 Å². The molecule has 0 bridgehead atoms. The Bertz CT molecular complexity index is 1100. The van der Waals surface area contributed by atoms with Gasteiger partial charge in [0.25, 0.3) is 5.91 Å². The van der Waals surface area contributed by atoms with E-state index in [1.807, 2.05) is 6.92 Å². The van der Waals surface area contributed by atoms with Crippen LogP contribution in [0.1, 0.15) is 29.8 Å². The highest BCUT2D eigenvalue weighted by Crippen LogP contribution is 2.38. The summed E-state index contributed by atoms with van der Waals surface area (Å²) in [5.74, 6) is 0.608. The predicted octanol–water partition coefficient (Wildman–Crippen LogP) is 5.27. The van der Waals surface area contributed by atoms with Crippen molar-refractivity contribution in [3.05, 3.63) is 56.9 Å². The Morgan fingerprint density at radius 1 is 1.16 bits per heavy atom. The lowest BCUT2D eigenvalue weighted by Crippen LogP contribution is -2.28. The fourth-order valence-electron chi connectivity index (χ4n) is 3.02. The molecular weight excluding hydrogens is 496 g/mol. The minimum atomic E-state index is -0.407. The summed E-state index contributed by atoms with van der Waals surface area (Å²) in [5, 5.41) is 0.543. The number of halogens is 1. The summed E-state index contributed by atoms with van der Waals surface area (Å²) >= 11 is 4.80. The maximum absolute atomic E-state index is 13.0. The molecule has 3 rings (SSSR count). The second-order valence-electron chi connectivity index (χ2n) is 6.55. The molecule has 1 amide bonds. The van der Waals surface area contributed by atoms with Crippen molar-refractivity contribution >= 4 is 56.5 Å². The molecule has 0 aromatic heterocycles. The molecule has 168 valence electrons. The number of carbonyl (C=O) groups excluding carboxylic acids is 2. The second-order valence-corrected chi connectivity index (χ2v) is 8.42. The molecule has 7 nitrogen and oxygen atoms in total. The minimum absolute atomic E-state index is 0.139. The molecule has 1 heterocycles. The van der Waals surface area contributed by atoms with E-state index in [0.717, 1.165) is 10.0 Å². The third-order valence-corrected chi connectivity index (χ3v) is 6.27. The van der Waals surface area contributed by atoms with Crippen molar-refractivity contribution < 1.29 is 23.8 Å². The number of rotatable bonds is 7. The SMILES string of the molecule is CCOC(=O)c1cccc(N=C2SC(=Cc3cc(OC)c(OC)cc3Br)C(=O)N2CC)c1. The summed E-state index contributed by atoms with van der Waals surface area (Å²) in [4.78, 5) is 31.8. The number of hydrogen-bond donors (Lipinski definition) is 0. The monoisotopic (exact) mass is 518 g/mol. The number of thioether (sulfide) groups is 1. The summed E-state index contributed by atoms with van der Waals surface area (Å²) in [6.07, 6.45) is 1.79. The molecule has 0 spiro atoms. The smallest absolute Gasteiger partial charge is 0.338 e. The van der Waals surface area contributed by atoms with Gasteiger partial charge in [-0.15, -0.1) is 0 Å². The van der Waals surface area contributed by atoms with Gasteiger partial charge in [0.2, 0.25) is 0 Å². The number of esters is 1. The molecule has 1 aliphatic heterocycles. The number of amidine groups is 1. The first kappa shape index (κ1) is 23.9. The van der Waals surface area contributed by atoms with E-state index < -0.39 is 5.97 Å². The van der Waals surface area contributed by atoms with Crippen LogP contribution in [0.2, 0.25) is 0 Å². The number of likely N-dealkylation sites (N-methyl/N-ethyl adjacent to an activating group) is 1. The predicted molar refractivity (Wildman–Crippen MR) is 130 cm³/mol. The Balaban J connectivity index is 1.95. The molecule has 0 saturated carbocycles. The zero-order chi connectivity index (χ0) is 23.3. The highest BCUT2D eigenvalue weighted by Gasteiger charge is 2.32. The van der Waals surface area contributed by atoms with Crippen LogP contribution in [0.25, 0.3) is 6.08 Å². The molecule has 1 saturated heterocycles. The molecule has 9 heteroatoms. The van der Waals surface area contributed by atoms with Crippen LogP contribution in [0.4, 0.5) is 5.69 Å². The Morgan fingerprint density at radius 3 is 2.53 bits per heavy atom. The van der Waals surface area contributed by atoms with Gasteiger partial charge < -0.3 is 14.2 Å². The number of aliphatic imine (C=N–C) groups is 1. The summed E-state index contributed by atoms with van der Waals surface area (Å²) in [6.45, 7) is 4.41. The van der Waals surface area contributed by atoms with Crippen molar-refractivity contribution in [2.24, 2.45) is 4.99 Å². The van der Waals surface area contributed by atoms with Crippen molar-refractivity contribution in [1.82, 2.24) is 4.90 Å². The van der Waals surface area contributed by atoms with Crippen molar-refractivity contribution in [1.29, 1.82) is 0 Å². The van der Waals surface area contributed by atoms with E-state index in [4.69, 9.17) is 14.2 Å². The molecule has 0 aliphatic carbocycles. The second kappa shape index (κ2) is 10.7. The number of ether oxygens (including phenoxy) is 3. The first-order chi connectivity index (χ1) is 15.4. The van der Waals surface area contributed by atoms with Crippen molar-refractivity contribution in [3.63, 3.8) is 0 Å². The molecular formula is C23H23BrN2O5S. The van der Waals surface area contributed by atoms with E-state index in [2.05, 4.69) is 20.9 Å². The van der Waals surface area contributed by atoms with Crippen molar-refractivity contribution in [3.8, 4) is 11.5 Å². The van der Waals surface area contributed by atoms with Gasteiger partial charge >= 0.3 is 5.97 Å². The van der Waals surface area contributed by atoms with Gasteiger partial charge in [-0.2, -0.15) is 0 Å². The number of carbonyl (C=O) groups is 2. The van der Waals surface area contributed by atoms with Crippen LogP contribution < -0.4 is 9.47 Å². The Labute approximate surface area is 199 Å². The molecule has 32 heavy (non-hydrogen) atoms. The lowest BCUT2D eigenvalue weighted by molar-refractivity contribution is -0.122. The van der Waals surface area contributed by atoms with Crippen LogP contribution in [0, 0.1) is 0 Å². The Hall–Kier alpha value is -2.78. The summed E-state index contributed by atoms with van der Waals surface area (Å²) in [7, 11) is 3.13. The van der Waals surface area contributed by atoms with Gasteiger partial charge in [0.15, 0.2) is 16.7 Å². The number of benzene rings is 2. The minimum Gasteiger partial charge on any atom is -0.493 e. The largest absolute Gasteiger partial charge is 0.493 e. The van der Waals surface area contributed by atoms with Crippen LogP contribution in [0.5, 0.6) is 11.5 Å². The van der Waals surface area contributed by atoms with Crippen LogP contribution in [-0.2, 0) is 9.53 Å². The zero-order valence-corrected chi connectivity index (χ0v) is 20.6. The van der Waals surface area contributed by atoms with Gasteiger partial charge in [-0.05, 0) is 67.6 Å². The van der Waals surface area contributed by atoms with Crippen LogP contribution >= 0.6 is 27.7 Å². The third kappa shape index (κ3) is 5.16. The highest BCUT2D eigenvalue weighted by molar-refractivity contribution is 9.10. The summed E-state index contributed by atoms with van der Waals surface area (Å²) in [5.41, 5.74) is 1.76. The van der Waals surface area contributed by atoms with Gasteiger partial charge in [-0.25, -0.2) is 9.79 Å². The first-order valence-electron chi connectivity index (χ1n) is 9.90. The average molecular weight is 519 g/mol. The zero-order valence-electron chi connectivity index (χ0n) is 18.2.